The molecule has 5 nitrogen and oxygen atoms in total. The van der Waals surface area contributed by atoms with E-state index < -0.39 is 0 Å². The van der Waals surface area contributed by atoms with Gasteiger partial charge in [-0.2, -0.15) is 5.10 Å². The zero-order valence-corrected chi connectivity index (χ0v) is 9.32. The average Bonchev–Trinajstić information content (AvgIpc) is 2.71. The highest BCUT2D eigenvalue weighted by molar-refractivity contribution is 5.01. The molecular formula is C10H19N3O2. The SMILES string of the molecule is CCOC(CNCc1cn[nH]c1)OCC. The van der Waals surface area contributed by atoms with Crippen LogP contribution >= 0.6 is 0 Å². The van der Waals surface area contributed by atoms with E-state index >= 15 is 0 Å². The van der Waals surface area contributed by atoms with Crippen molar-refractivity contribution in [1.29, 1.82) is 0 Å². The Bertz CT molecular complexity index is 233. The molecule has 5 heteroatoms. The van der Waals surface area contributed by atoms with Gasteiger partial charge in [-0.1, -0.05) is 0 Å². The summed E-state index contributed by atoms with van der Waals surface area (Å²) in [6, 6.07) is 0. The van der Waals surface area contributed by atoms with E-state index in [1.165, 1.54) is 0 Å². The molecule has 0 unspecified atom stereocenters. The first-order valence-corrected chi connectivity index (χ1v) is 5.28. The molecule has 2 N–H and O–H groups in total. The lowest BCUT2D eigenvalue weighted by Gasteiger charge is -2.17. The Balaban J connectivity index is 2.15. The summed E-state index contributed by atoms with van der Waals surface area (Å²) >= 11 is 0. The molecule has 0 saturated carbocycles. The standard InChI is InChI=1S/C10H19N3O2/c1-3-14-10(15-4-2)8-11-5-9-6-12-13-7-9/h6-7,10-11H,3-5,8H2,1-2H3,(H,12,13). The second kappa shape index (κ2) is 7.39. The van der Waals surface area contributed by atoms with E-state index in [0.29, 0.717) is 19.8 Å². The van der Waals surface area contributed by atoms with Crippen molar-refractivity contribution >= 4 is 0 Å². The van der Waals surface area contributed by atoms with Gasteiger partial charge in [0.2, 0.25) is 0 Å². The minimum absolute atomic E-state index is 0.160. The van der Waals surface area contributed by atoms with Crippen LogP contribution in [0.25, 0.3) is 0 Å². The smallest absolute Gasteiger partial charge is 0.169 e. The van der Waals surface area contributed by atoms with Crippen LogP contribution in [0, 0.1) is 0 Å². The topological polar surface area (TPSA) is 59.2 Å². The van der Waals surface area contributed by atoms with E-state index in [0.717, 1.165) is 12.1 Å². The summed E-state index contributed by atoms with van der Waals surface area (Å²) in [7, 11) is 0. The third-order valence-electron chi connectivity index (χ3n) is 1.90. The number of hydrogen-bond donors (Lipinski definition) is 2. The Kier molecular flexibility index (Phi) is 5.99. The van der Waals surface area contributed by atoms with Crippen LogP contribution in [0.4, 0.5) is 0 Å². The number of aromatic amines is 1. The fourth-order valence-electron chi connectivity index (χ4n) is 1.25. The average molecular weight is 213 g/mol. The molecule has 1 aromatic heterocycles. The molecule has 0 aliphatic rings. The second-order valence-corrected chi connectivity index (χ2v) is 3.08. The minimum Gasteiger partial charge on any atom is -0.352 e. The molecule has 0 bridgehead atoms. The lowest BCUT2D eigenvalue weighted by Crippen LogP contribution is -2.31. The highest BCUT2D eigenvalue weighted by atomic mass is 16.7. The van der Waals surface area contributed by atoms with Gasteiger partial charge in [0.1, 0.15) is 0 Å². The fraction of sp³-hybridized carbons (Fsp3) is 0.700. The molecular weight excluding hydrogens is 194 g/mol. The molecule has 0 amide bonds. The number of hydrogen-bond acceptors (Lipinski definition) is 4. The van der Waals surface area contributed by atoms with Crippen molar-refractivity contribution in [2.45, 2.75) is 26.7 Å². The summed E-state index contributed by atoms with van der Waals surface area (Å²) < 4.78 is 10.8. The number of rotatable bonds is 8. The molecule has 0 radical (unpaired) electrons. The van der Waals surface area contributed by atoms with Gasteiger partial charge in [-0.3, -0.25) is 5.10 Å². The Morgan fingerprint density at radius 2 is 2.13 bits per heavy atom. The third-order valence-corrected chi connectivity index (χ3v) is 1.90. The van der Waals surface area contributed by atoms with Gasteiger partial charge in [-0.25, -0.2) is 0 Å². The van der Waals surface area contributed by atoms with Crippen LogP contribution < -0.4 is 5.32 Å². The normalized spacial score (nSPS) is 11.1. The van der Waals surface area contributed by atoms with Crippen LogP contribution in [0.1, 0.15) is 19.4 Å². The number of nitrogens with zero attached hydrogens (tertiary/aromatic N) is 1. The van der Waals surface area contributed by atoms with Gasteiger partial charge in [0.15, 0.2) is 6.29 Å². The van der Waals surface area contributed by atoms with E-state index in [1.807, 2.05) is 20.0 Å². The summed E-state index contributed by atoms with van der Waals surface area (Å²) in [5.74, 6) is 0. The highest BCUT2D eigenvalue weighted by Gasteiger charge is 2.06. The maximum absolute atomic E-state index is 5.39. The predicted molar refractivity (Wildman–Crippen MR) is 57.3 cm³/mol. The molecule has 15 heavy (non-hydrogen) atoms. The molecule has 0 fully saturated rings. The lowest BCUT2D eigenvalue weighted by atomic mass is 10.3. The van der Waals surface area contributed by atoms with Crippen LogP contribution in [-0.4, -0.2) is 36.2 Å². The summed E-state index contributed by atoms with van der Waals surface area (Å²) in [5, 5.41) is 9.88. The monoisotopic (exact) mass is 213 g/mol. The largest absolute Gasteiger partial charge is 0.352 e. The van der Waals surface area contributed by atoms with E-state index in [4.69, 9.17) is 9.47 Å². The van der Waals surface area contributed by atoms with Crippen molar-refractivity contribution in [3.05, 3.63) is 18.0 Å². The van der Waals surface area contributed by atoms with Gasteiger partial charge >= 0.3 is 0 Å². The summed E-state index contributed by atoms with van der Waals surface area (Å²) in [6.45, 7) is 6.71. The molecule has 0 atom stereocenters. The van der Waals surface area contributed by atoms with E-state index in [1.54, 1.807) is 6.20 Å². The molecule has 1 aromatic rings. The zero-order valence-electron chi connectivity index (χ0n) is 9.32. The van der Waals surface area contributed by atoms with Crippen molar-refractivity contribution in [2.24, 2.45) is 0 Å². The first-order valence-electron chi connectivity index (χ1n) is 5.28. The van der Waals surface area contributed by atoms with Crippen LogP contribution in [0.3, 0.4) is 0 Å². The number of H-pyrrole nitrogens is 1. The van der Waals surface area contributed by atoms with Gasteiger partial charge in [-0.05, 0) is 13.8 Å². The van der Waals surface area contributed by atoms with Crippen LogP contribution in [-0.2, 0) is 16.0 Å². The molecule has 86 valence electrons. The zero-order chi connectivity index (χ0) is 10.9. The molecule has 0 spiro atoms. The minimum atomic E-state index is -0.160. The van der Waals surface area contributed by atoms with E-state index in [2.05, 4.69) is 15.5 Å². The van der Waals surface area contributed by atoms with Crippen molar-refractivity contribution in [2.75, 3.05) is 19.8 Å². The quantitative estimate of drug-likeness (QED) is 0.630. The van der Waals surface area contributed by atoms with E-state index in [9.17, 15) is 0 Å². The predicted octanol–water partition coefficient (Wildman–Crippen LogP) is 0.898. The van der Waals surface area contributed by atoms with Crippen LogP contribution in [0.15, 0.2) is 12.4 Å². The Labute approximate surface area is 90.2 Å². The molecule has 1 rings (SSSR count). The summed E-state index contributed by atoms with van der Waals surface area (Å²) in [6.07, 6.45) is 3.50. The van der Waals surface area contributed by atoms with Gasteiger partial charge in [-0.15, -0.1) is 0 Å². The Hall–Kier alpha value is -0.910. The molecule has 0 aliphatic carbocycles. The van der Waals surface area contributed by atoms with Gasteiger partial charge in [0.05, 0.1) is 6.20 Å². The number of aromatic nitrogens is 2. The van der Waals surface area contributed by atoms with Crippen molar-refractivity contribution in [3.63, 3.8) is 0 Å². The van der Waals surface area contributed by atoms with Crippen molar-refractivity contribution in [1.82, 2.24) is 15.5 Å². The second-order valence-electron chi connectivity index (χ2n) is 3.08. The third kappa shape index (κ3) is 4.92. The van der Waals surface area contributed by atoms with E-state index in [-0.39, 0.29) is 6.29 Å². The Morgan fingerprint density at radius 3 is 2.67 bits per heavy atom. The Morgan fingerprint density at radius 1 is 1.40 bits per heavy atom. The lowest BCUT2D eigenvalue weighted by molar-refractivity contribution is -0.133. The van der Waals surface area contributed by atoms with Crippen LogP contribution in [0.2, 0.25) is 0 Å². The summed E-state index contributed by atoms with van der Waals surface area (Å²) in [5.41, 5.74) is 1.13. The van der Waals surface area contributed by atoms with Gasteiger partial charge in [0.25, 0.3) is 0 Å². The molecule has 1 heterocycles. The molecule has 0 aliphatic heterocycles. The van der Waals surface area contributed by atoms with Crippen LogP contribution in [0.5, 0.6) is 0 Å². The maximum Gasteiger partial charge on any atom is 0.169 e. The number of nitrogens with one attached hydrogen (secondary N) is 2. The van der Waals surface area contributed by atoms with Crippen molar-refractivity contribution < 1.29 is 9.47 Å². The first-order chi connectivity index (χ1) is 7.36. The highest BCUT2D eigenvalue weighted by Crippen LogP contribution is 1.96. The van der Waals surface area contributed by atoms with Gasteiger partial charge < -0.3 is 14.8 Å². The maximum atomic E-state index is 5.39. The fourth-order valence-corrected chi connectivity index (χ4v) is 1.25. The molecule has 0 aromatic carbocycles. The number of ether oxygens (including phenoxy) is 2. The first kappa shape index (κ1) is 12.2. The van der Waals surface area contributed by atoms with Crippen molar-refractivity contribution in [3.8, 4) is 0 Å². The summed E-state index contributed by atoms with van der Waals surface area (Å²) in [4.78, 5) is 0. The van der Waals surface area contributed by atoms with Gasteiger partial charge in [0, 0.05) is 38.1 Å². The molecule has 0 saturated heterocycles.